The largest absolute Gasteiger partial charge is 0.390 e. The number of hydrogen-bond donors (Lipinski definition) is 4. The number of amides is 11. The fourth-order valence-corrected chi connectivity index (χ4v) is 11.9. The van der Waals surface area contributed by atoms with Crippen LogP contribution in [0.15, 0.2) is 12.2 Å². The monoisotopic (exact) mass is 1240 g/mol. The van der Waals surface area contributed by atoms with Crippen molar-refractivity contribution >= 4 is 65.0 Å². The molecule has 0 spiro atoms. The van der Waals surface area contributed by atoms with Gasteiger partial charge in [0.1, 0.15) is 60.4 Å². The summed E-state index contributed by atoms with van der Waals surface area (Å²) in [5.41, 5.74) is 0. The van der Waals surface area contributed by atoms with Crippen molar-refractivity contribution in [2.24, 2.45) is 41.4 Å². The number of likely N-dealkylation sites (N-methyl/N-ethyl adjacent to an activating group) is 7. The van der Waals surface area contributed by atoms with Crippen molar-refractivity contribution in [2.75, 3.05) is 62.4 Å². The van der Waals surface area contributed by atoms with Gasteiger partial charge < -0.3 is 60.3 Å². The first kappa shape index (κ1) is 78.0. The minimum Gasteiger partial charge on any atom is -0.390 e. The number of hydrogen-bond acceptors (Lipinski definition) is 12. The molecular weight excluding hydrogens is 1130 g/mol. The van der Waals surface area contributed by atoms with Crippen molar-refractivity contribution in [3.63, 3.8) is 0 Å². The van der Waals surface area contributed by atoms with Crippen LogP contribution in [0.2, 0.25) is 0 Å². The van der Waals surface area contributed by atoms with Gasteiger partial charge in [-0.05, 0) is 113 Å². The SMILES string of the molecule is C/C=C/C[C@@H](C)[C@@H](O)[C@H]1C(=O)N[C@@H](CC)C(=O)N(C)CC(=O)N(C)[C@@H](CC(C)C)C(=O)N[C@@H](C(C)C)C(=O)N(C)[C@@H](CC(C)C)C(=O)N[C@@H](C)C(=O)N2CCCC[C@@H]2C(=O)N(C)[C@@H](CC(C)C)C(=O)N(C)[C@@H](CC(C)C)C(=O)N(C)[C@@H](C(C)C)C(=O)N1C. The molecule has 23 nitrogen and oxygen atoms in total. The summed E-state index contributed by atoms with van der Waals surface area (Å²) in [6.07, 6.45) is 4.56. The Hall–Kier alpha value is -6.13. The van der Waals surface area contributed by atoms with Gasteiger partial charge in [0.05, 0.1) is 12.6 Å². The molecule has 0 aromatic carbocycles. The Morgan fingerprint density at radius 1 is 0.500 bits per heavy atom. The molecule has 0 aliphatic carbocycles. The Morgan fingerprint density at radius 3 is 1.43 bits per heavy atom. The van der Waals surface area contributed by atoms with Gasteiger partial charge in [-0.3, -0.25) is 52.7 Å². The minimum absolute atomic E-state index is 0.0260. The Labute approximate surface area is 527 Å². The van der Waals surface area contributed by atoms with Crippen molar-refractivity contribution in [1.82, 2.24) is 55.1 Å². The summed E-state index contributed by atoms with van der Waals surface area (Å²) in [4.78, 5) is 173. The molecule has 2 aliphatic heterocycles. The Bertz CT molecular complexity index is 2430. The molecule has 502 valence electrons. The number of rotatable bonds is 15. The maximum absolute atomic E-state index is 15.2. The number of aliphatic hydroxyl groups excluding tert-OH is 1. The molecule has 4 N–H and O–H groups in total. The van der Waals surface area contributed by atoms with E-state index in [1.54, 1.807) is 47.6 Å². The third-order valence-corrected chi connectivity index (χ3v) is 17.4. The van der Waals surface area contributed by atoms with Gasteiger partial charge in [0.2, 0.25) is 65.0 Å². The quantitative estimate of drug-likeness (QED) is 0.169. The van der Waals surface area contributed by atoms with Crippen LogP contribution in [-0.2, 0) is 52.7 Å². The molecule has 0 aromatic rings. The lowest BCUT2D eigenvalue weighted by Gasteiger charge is -2.42. The molecular formula is C65H115N11O12. The molecule has 2 rings (SSSR count). The van der Waals surface area contributed by atoms with Crippen LogP contribution in [0.5, 0.6) is 0 Å². The van der Waals surface area contributed by atoms with Gasteiger partial charge in [-0.2, -0.15) is 0 Å². The zero-order chi connectivity index (χ0) is 67.7. The van der Waals surface area contributed by atoms with E-state index in [0.717, 1.165) is 9.80 Å². The van der Waals surface area contributed by atoms with Crippen molar-refractivity contribution in [2.45, 2.75) is 235 Å². The lowest BCUT2D eigenvalue weighted by Crippen LogP contribution is -2.63. The van der Waals surface area contributed by atoms with Crippen LogP contribution in [0.4, 0.5) is 0 Å². The van der Waals surface area contributed by atoms with E-state index in [9.17, 15) is 38.7 Å². The summed E-state index contributed by atoms with van der Waals surface area (Å²) in [6.45, 7) is 28.4. The number of allylic oxidation sites excluding steroid dienone is 2. The number of nitrogens with zero attached hydrogens (tertiary/aromatic N) is 8. The lowest BCUT2D eigenvalue weighted by molar-refractivity contribution is -0.158. The summed E-state index contributed by atoms with van der Waals surface area (Å²) < 4.78 is 0. The third-order valence-electron chi connectivity index (χ3n) is 17.4. The van der Waals surface area contributed by atoms with Gasteiger partial charge >= 0.3 is 0 Å². The highest BCUT2D eigenvalue weighted by atomic mass is 16.3. The molecule has 0 saturated carbocycles. The van der Waals surface area contributed by atoms with E-state index in [0.29, 0.717) is 19.3 Å². The maximum Gasteiger partial charge on any atom is 0.246 e. The zero-order valence-electron chi connectivity index (χ0n) is 57.8. The fourth-order valence-electron chi connectivity index (χ4n) is 11.9. The van der Waals surface area contributed by atoms with Crippen LogP contribution in [0.25, 0.3) is 0 Å². The van der Waals surface area contributed by atoms with E-state index in [1.165, 1.54) is 85.7 Å². The standard InChI is InChI=1S/C65H115N11O12/c1-24-26-29-43(15)55(78)54-58(81)67-45(25-2)60(83)69(17)36-51(77)70(18)47(32-37(3)4)57(80)68-52(41(11)12)64(87)71(19)48(33-38(5)6)56(79)66-44(16)59(82)76-31-28-27-30-46(76)61(84)72(20)49(34-39(7)8)62(85)73(21)50(35-40(9)10)63(86)74(22)53(42(13)14)65(88)75(54)23/h24,26,37-50,52-55,78H,25,27-36H2,1-23H3,(H,66,79)(H,67,81)(H,68,80)/b26-24+/t43-,44+,45+,46-,47+,48+,49+,50+,52+,53+,54+,55-/m1/s1. The van der Waals surface area contributed by atoms with Crippen molar-refractivity contribution in [1.29, 1.82) is 0 Å². The van der Waals surface area contributed by atoms with E-state index < -0.39 is 156 Å². The first-order valence-corrected chi connectivity index (χ1v) is 32.2. The van der Waals surface area contributed by atoms with Gasteiger partial charge in [-0.1, -0.05) is 109 Å². The van der Waals surface area contributed by atoms with E-state index in [1.807, 2.05) is 68.4 Å². The summed E-state index contributed by atoms with van der Waals surface area (Å²) in [7, 11) is 10.1. The maximum atomic E-state index is 15.2. The summed E-state index contributed by atoms with van der Waals surface area (Å²) in [5.74, 6) is -9.19. The summed E-state index contributed by atoms with van der Waals surface area (Å²) >= 11 is 0. The topological polar surface area (TPSA) is 270 Å². The molecule has 0 bridgehead atoms. The van der Waals surface area contributed by atoms with E-state index >= 15 is 19.2 Å². The molecule has 0 radical (unpaired) electrons. The Balaban J connectivity index is 3.03. The molecule has 0 aromatic heterocycles. The fraction of sp³-hybridized carbons (Fsp3) is 0.800. The molecule has 2 heterocycles. The Morgan fingerprint density at radius 2 is 0.955 bits per heavy atom. The van der Waals surface area contributed by atoms with E-state index in [-0.39, 0.29) is 68.7 Å². The van der Waals surface area contributed by atoms with Gasteiger partial charge in [-0.15, -0.1) is 0 Å². The molecule has 88 heavy (non-hydrogen) atoms. The molecule has 2 saturated heterocycles. The second-order valence-corrected chi connectivity index (χ2v) is 27.4. The Kier molecular flexibility index (Phi) is 31.3. The second kappa shape index (κ2) is 35.3. The highest BCUT2D eigenvalue weighted by molar-refractivity contribution is 5.99. The van der Waals surface area contributed by atoms with Gasteiger partial charge in [0.15, 0.2) is 0 Å². The van der Waals surface area contributed by atoms with E-state index in [2.05, 4.69) is 16.0 Å². The molecule has 2 fully saturated rings. The van der Waals surface area contributed by atoms with Gasteiger partial charge in [0.25, 0.3) is 0 Å². The highest BCUT2D eigenvalue weighted by Crippen LogP contribution is 2.28. The van der Waals surface area contributed by atoms with Crippen molar-refractivity contribution in [3.8, 4) is 0 Å². The molecule has 0 unspecified atom stereocenters. The number of carbonyl (C=O) groups is 11. The predicted octanol–water partition coefficient (Wildman–Crippen LogP) is 4.15. The van der Waals surface area contributed by atoms with Crippen LogP contribution in [0, 0.1) is 41.4 Å². The number of fused-ring (bicyclic) bond motifs is 1. The van der Waals surface area contributed by atoms with Gasteiger partial charge in [-0.25, -0.2) is 0 Å². The number of piperidine rings is 1. The predicted molar refractivity (Wildman–Crippen MR) is 340 cm³/mol. The highest BCUT2D eigenvalue weighted by Gasteiger charge is 2.47. The van der Waals surface area contributed by atoms with Crippen molar-refractivity contribution < 1.29 is 57.8 Å². The van der Waals surface area contributed by atoms with Crippen LogP contribution in [0.1, 0.15) is 169 Å². The molecule has 2 aliphatic rings. The average molecular weight is 1240 g/mol. The summed E-state index contributed by atoms with van der Waals surface area (Å²) in [5, 5.41) is 20.6. The first-order chi connectivity index (χ1) is 40.8. The van der Waals surface area contributed by atoms with Crippen LogP contribution >= 0.6 is 0 Å². The zero-order valence-corrected chi connectivity index (χ0v) is 57.8. The number of aliphatic hydroxyl groups is 1. The second-order valence-electron chi connectivity index (χ2n) is 27.4. The smallest absolute Gasteiger partial charge is 0.246 e. The van der Waals surface area contributed by atoms with Crippen molar-refractivity contribution in [3.05, 3.63) is 12.2 Å². The summed E-state index contributed by atoms with van der Waals surface area (Å²) in [6, 6.07) is -12.0. The normalized spacial score (nSPS) is 27.3. The first-order valence-electron chi connectivity index (χ1n) is 32.2. The third kappa shape index (κ3) is 20.7. The molecule has 12 atom stereocenters. The van der Waals surface area contributed by atoms with Crippen LogP contribution in [0.3, 0.4) is 0 Å². The minimum atomic E-state index is -1.61. The van der Waals surface area contributed by atoms with Crippen LogP contribution in [-0.4, -0.2) is 238 Å². The molecule has 23 heteroatoms. The van der Waals surface area contributed by atoms with E-state index in [4.69, 9.17) is 0 Å². The lowest BCUT2D eigenvalue weighted by atomic mass is 9.91. The van der Waals surface area contributed by atoms with Gasteiger partial charge in [0, 0.05) is 55.9 Å². The average Bonchev–Trinajstić information content (AvgIpc) is 2.36. The molecule has 11 amide bonds. The van der Waals surface area contributed by atoms with Crippen LogP contribution < -0.4 is 16.0 Å². The number of carbonyl (C=O) groups excluding carboxylic acids is 11. The number of nitrogens with one attached hydrogen (secondary N) is 3.